The molecule has 0 saturated carbocycles. The van der Waals surface area contributed by atoms with Gasteiger partial charge in [-0.25, -0.2) is 0 Å². The van der Waals surface area contributed by atoms with Crippen LogP contribution in [0.15, 0.2) is 53.1 Å². The molecule has 0 bridgehead atoms. The molecular formula is C15H12Cl2O2. The van der Waals surface area contributed by atoms with Crippen molar-refractivity contribution in [2.75, 3.05) is 0 Å². The van der Waals surface area contributed by atoms with E-state index in [1.807, 2.05) is 36.4 Å². The van der Waals surface area contributed by atoms with Crippen LogP contribution in [0.3, 0.4) is 0 Å². The Morgan fingerprint density at radius 2 is 2.00 bits per heavy atom. The van der Waals surface area contributed by atoms with Gasteiger partial charge in [-0.05, 0) is 11.1 Å². The van der Waals surface area contributed by atoms with Gasteiger partial charge in [-0.1, -0.05) is 54.1 Å². The minimum Gasteiger partial charge on any atom is -0.295 e. The minimum absolute atomic E-state index is 0.0284. The molecule has 4 heteroatoms. The normalized spacial score (nSPS) is 22.4. The Labute approximate surface area is 121 Å². The van der Waals surface area contributed by atoms with Crippen LogP contribution in [0, 0.1) is 0 Å². The number of aldehydes is 1. The first-order valence-corrected chi connectivity index (χ1v) is 6.60. The molecule has 0 aromatic heterocycles. The fourth-order valence-corrected chi connectivity index (χ4v) is 2.75. The van der Waals surface area contributed by atoms with Crippen molar-refractivity contribution < 1.29 is 9.59 Å². The van der Waals surface area contributed by atoms with Crippen molar-refractivity contribution in [2.24, 2.45) is 0 Å². The second kappa shape index (κ2) is 5.72. The summed E-state index contributed by atoms with van der Waals surface area (Å²) in [7, 11) is 0. The smallest absolute Gasteiger partial charge is 0.199 e. The summed E-state index contributed by atoms with van der Waals surface area (Å²) in [5.41, 5.74) is 1.61. The zero-order valence-electron chi connectivity index (χ0n) is 10.1. The average Bonchev–Trinajstić information content (AvgIpc) is 2.43. The third-order valence-corrected chi connectivity index (χ3v) is 3.91. The van der Waals surface area contributed by atoms with Gasteiger partial charge in [0, 0.05) is 17.9 Å². The van der Waals surface area contributed by atoms with Crippen LogP contribution in [0.1, 0.15) is 18.4 Å². The van der Waals surface area contributed by atoms with Crippen LogP contribution in [-0.2, 0) is 14.5 Å². The van der Waals surface area contributed by atoms with Gasteiger partial charge in [0.15, 0.2) is 12.1 Å². The lowest BCUT2D eigenvalue weighted by Gasteiger charge is -2.28. The van der Waals surface area contributed by atoms with E-state index in [0.29, 0.717) is 23.3 Å². The van der Waals surface area contributed by atoms with E-state index in [4.69, 9.17) is 23.2 Å². The Hall–Kier alpha value is -1.38. The van der Waals surface area contributed by atoms with Gasteiger partial charge in [0.05, 0.1) is 4.87 Å². The van der Waals surface area contributed by atoms with E-state index in [2.05, 4.69) is 0 Å². The lowest BCUT2D eigenvalue weighted by molar-refractivity contribution is -0.129. The number of alkyl halides is 1. The van der Waals surface area contributed by atoms with Crippen molar-refractivity contribution in [2.45, 2.75) is 17.7 Å². The lowest BCUT2D eigenvalue weighted by atomic mass is 9.88. The highest BCUT2D eigenvalue weighted by molar-refractivity contribution is 6.33. The van der Waals surface area contributed by atoms with Crippen molar-refractivity contribution >= 4 is 35.3 Å². The minimum atomic E-state index is -0.688. The van der Waals surface area contributed by atoms with Crippen molar-refractivity contribution in [3.8, 4) is 0 Å². The first-order chi connectivity index (χ1) is 9.05. The van der Waals surface area contributed by atoms with E-state index < -0.39 is 10.7 Å². The molecule has 0 saturated heterocycles. The zero-order valence-corrected chi connectivity index (χ0v) is 11.6. The summed E-state index contributed by atoms with van der Waals surface area (Å²) < 4.78 is 0. The van der Waals surface area contributed by atoms with E-state index in [9.17, 15) is 9.59 Å². The molecule has 1 aliphatic carbocycles. The standard InChI is InChI=1S/C15H12Cl2O2/c16-14-9-15(17,12-4-2-1-3-5-12)7-6-11(14)8-13(19)10-18/h1-7,10H,8-9H2. The number of hydrogen-bond donors (Lipinski definition) is 0. The Morgan fingerprint density at radius 1 is 1.32 bits per heavy atom. The molecule has 1 aromatic carbocycles. The Balaban J connectivity index is 2.23. The Morgan fingerprint density at radius 3 is 2.58 bits per heavy atom. The zero-order chi connectivity index (χ0) is 13.9. The highest BCUT2D eigenvalue weighted by Gasteiger charge is 2.31. The summed E-state index contributed by atoms with van der Waals surface area (Å²) in [6, 6.07) is 9.61. The topological polar surface area (TPSA) is 34.1 Å². The molecular weight excluding hydrogens is 283 g/mol. The first-order valence-electron chi connectivity index (χ1n) is 5.84. The third kappa shape index (κ3) is 3.14. The van der Waals surface area contributed by atoms with Crippen LogP contribution in [-0.4, -0.2) is 12.1 Å². The fraction of sp³-hybridized carbons (Fsp3) is 0.200. The van der Waals surface area contributed by atoms with Crippen LogP contribution in [0.5, 0.6) is 0 Å². The lowest BCUT2D eigenvalue weighted by Crippen LogP contribution is -2.19. The predicted molar refractivity (Wildman–Crippen MR) is 76.3 cm³/mol. The number of benzene rings is 1. The molecule has 0 heterocycles. The summed E-state index contributed by atoms with van der Waals surface area (Å²) in [6.07, 6.45) is 4.31. The van der Waals surface area contributed by atoms with E-state index in [-0.39, 0.29) is 6.42 Å². The van der Waals surface area contributed by atoms with Crippen LogP contribution < -0.4 is 0 Å². The summed E-state index contributed by atoms with van der Waals surface area (Å²) in [5.74, 6) is -0.486. The first kappa shape index (κ1) is 14.0. The number of hydrogen-bond acceptors (Lipinski definition) is 2. The van der Waals surface area contributed by atoms with Crippen LogP contribution >= 0.6 is 23.2 Å². The molecule has 1 aromatic rings. The number of halogens is 2. The second-order valence-corrected chi connectivity index (χ2v) is 5.56. The van der Waals surface area contributed by atoms with Gasteiger partial charge in [-0.15, -0.1) is 11.6 Å². The molecule has 19 heavy (non-hydrogen) atoms. The van der Waals surface area contributed by atoms with Crippen LogP contribution in [0.25, 0.3) is 0 Å². The summed E-state index contributed by atoms with van der Waals surface area (Å²) in [6.45, 7) is 0. The SMILES string of the molecule is O=CC(=O)CC1=C(Cl)CC(Cl)(c2ccccc2)C=C1. The molecule has 2 rings (SSSR count). The molecule has 2 nitrogen and oxygen atoms in total. The van der Waals surface area contributed by atoms with Gasteiger partial charge in [-0.2, -0.15) is 0 Å². The van der Waals surface area contributed by atoms with Gasteiger partial charge in [-0.3, -0.25) is 9.59 Å². The monoisotopic (exact) mass is 294 g/mol. The molecule has 0 radical (unpaired) electrons. The molecule has 1 atom stereocenters. The van der Waals surface area contributed by atoms with E-state index in [0.717, 1.165) is 5.56 Å². The van der Waals surface area contributed by atoms with Crippen molar-refractivity contribution in [3.63, 3.8) is 0 Å². The summed E-state index contributed by atoms with van der Waals surface area (Å²) >= 11 is 12.8. The van der Waals surface area contributed by atoms with Crippen molar-refractivity contribution in [3.05, 3.63) is 58.7 Å². The van der Waals surface area contributed by atoms with Crippen molar-refractivity contribution in [1.82, 2.24) is 0 Å². The van der Waals surface area contributed by atoms with E-state index in [1.165, 1.54) is 0 Å². The molecule has 0 spiro atoms. The van der Waals surface area contributed by atoms with E-state index in [1.54, 1.807) is 6.08 Å². The predicted octanol–water partition coefficient (Wildman–Crippen LogP) is 3.73. The summed E-state index contributed by atoms with van der Waals surface area (Å²) in [4.78, 5) is 20.8. The molecule has 1 aliphatic rings. The average molecular weight is 295 g/mol. The molecule has 98 valence electrons. The number of Topliss-reactive ketones (excluding diaryl/α,β-unsaturated/α-hetero) is 1. The maximum absolute atomic E-state index is 11.1. The third-order valence-electron chi connectivity index (χ3n) is 3.06. The van der Waals surface area contributed by atoms with Gasteiger partial charge in [0.25, 0.3) is 0 Å². The largest absolute Gasteiger partial charge is 0.295 e. The fourth-order valence-electron chi connectivity index (χ4n) is 2.02. The number of allylic oxidation sites excluding steroid dienone is 4. The number of rotatable bonds is 4. The molecule has 0 amide bonds. The van der Waals surface area contributed by atoms with Crippen LogP contribution in [0.2, 0.25) is 0 Å². The maximum Gasteiger partial charge on any atom is 0.199 e. The highest BCUT2D eigenvalue weighted by Crippen LogP contribution is 2.42. The van der Waals surface area contributed by atoms with Crippen LogP contribution in [0.4, 0.5) is 0 Å². The Bertz CT molecular complexity index is 561. The van der Waals surface area contributed by atoms with Crippen molar-refractivity contribution in [1.29, 1.82) is 0 Å². The van der Waals surface area contributed by atoms with Gasteiger partial charge >= 0.3 is 0 Å². The number of ketones is 1. The quantitative estimate of drug-likeness (QED) is 0.482. The molecule has 0 aliphatic heterocycles. The molecule has 0 N–H and O–H groups in total. The number of carbonyl (C=O) groups is 2. The summed E-state index contributed by atoms with van der Waals surface area (Å²) in [5, 5.41) is 0.525. The Kier molecular flexibility index (Phi) is 4.23. The molecule has 1 unspecified atom stereocenters. The second-order valence-electron chi connectivity index (χ2n) is 4.43. The van der Waals surface area contributed by atoms with Gasteiger partial charge in [0.2, 0.25) is 0 Å². The maximum atomic E-state index is 11.1. The van der Waals surface area contributed by atoms with Gasteiger partial charge < -0.3 is 0 Å². The van der Waals surface area contributed by atoms with Gasteiger partial charge in [0.1, 0.15) is 0 Å². The highest BCUT2D eigenvalue weighted by atomic mass is 35.5. The molecule has 0 fully saturated rings. The number of carbonyl (C=O) groups excluding carboxylic acids is 2. The van der Waals surface area contributed by atoms with E-state index >= 15 is 0 Å².